The molecule has 3 aromatic carbocycles. The molecule has 6 heteroatoms. The molecule has 0 heterocycles. The molecule has 0 spiro atoms. The minimum atomic E-state index is -0.443. The Hall–Kier alpha value is -4.19. The van der Waals surface area contributed by atoms with Crippen molar-refractivity contribution in [1.29, 1.82) is 0 Å². The third-order valence-electron chi connectivity index (χ3n) is 5.39. The molecule has 32 heavy (non-hydrogen) atoms. The molecule has 0 bridgehead atoms. The summed E-state index contributed by atoms with van der Waals surface area (Å²) in [5.74, 6) is 1.14. The second-order valence-electron chi connectivity index (χ2n) is 7.35. The van der Waals surface area contributed by atoms with Gasteiger partial charge in [0, 0.05) is 29.7 Å². The summed E-state index contributed by atoms with van der Waals surface area (Å²) < 4.78 is 10.7. The van der Waals surface area contributed by atoms with Gasteiger partial charge in [-0.2, -0.15) is 0 Å². The molecule has 0 unspecified atom stereocenters. The Balaban J connectivity index is 1.77. The number of carbonyl (C=O) groups excluding carboxylic acids is 1. The number of fused-ring (bicyclic) bond motifs is 1. The van der Waals surface area contributed by atoms with Crippen molar-refractivity contribution < 1.29 is 19.2 Å². The smallest absolute Gasteiger partial charge is 0.269 e. The Morgan fingerprint density at radius 1 is 0.875 bits per heavy atom. The van der Waals surface area contributed by atoms with E-state index in [4.69, 9.17) is 9.47 Å². The van der Waals surface area contributed by atoms with E-state index in [-0.39, 0.29) is 11.5 Å². The van der Waals surface area contributed by atoms with Gasteiger partial charge in [0.2, 0.25) is 0 Å². The molecule has 4 rings (SSSR count). The number of non-ortho nitro benzene ring substituents is 1. The van der Waals surface area contributed by atoms with Gasteiger partial charge in [0.25, 0.3) is 5.69 Å². The molecule has 3 aromatic rings. The van der Waals surface area contributed by atoms with Crippen LogP contribution in [0.3, 0.4) is 0 Å². The summed E-state index contributed by atoms with van der Waals surface area (Å²) in [6.45, 7) is 0. The molecule has 0 saturated heterocycles. The monoisotopic (exact) mass is 427 g/mol. The predicted octanol–water partition coefficient (Wildman–Crippen LogP) is 5.36. The highest BCUT2D eigenvalue weighted by Gasteiger charge is 2.25. The standard InChI is InChI=1S/C26H21NO5/c1-31-24-12-9-18(15-25(24)32-2)13-20-16-19-5-3-4-6-22(19)23(26(20)28)14-17-7-10-21(11-8-17)27(29)30/h3-15H,16H2,1-2H3/b20-13+,23-14+. The van der Waals surface area contributed by atoms with Gasteiger partial charge < -0.3 is 9.47 Å². The number of rotatable bonds is 5. The lowest BCUT2D eigenvalue weighted by molar-refractivity contribution is -0.384. The van der Waals surface area contributed by atoms with E-state index in [1.165, 1.54) is 12.1 Å². The second-order valence-corrected chi connectivity index (χ2v) is 7.35. The van der Waals surface area contributed by atoms with E-state index in [0.717, 1.165) is 22.3 Å². The third-order valence-corrected chi connectivity index (χ3v) is 5.39. The van der Waals surface area contributed by atoms with Crippen LogP contribution in [0.5, 0.6) is 11.5 Å². The zero-order valence-corrected chi connectivity index (χ0v) is 17.7. The number of carbonyl (C=O) groups is 1. The summed E-state index contributed by atoms with van der Waals surface area (Å²) in [6.07, 6.45) is 4.16. The van der Waals surface area contributed by atoms with E-state index in [1.807, 2.05) is 42.5 Å². The Kier molecular flexibility index (Phi) is 5.85. The molecule has 0 radical (unpaired) electrons. The molecule has 6 nitrogen and oxygen atoms in total. The zero-order valence-electron chi connectivity index (χ0n) is 17.7. The third kappa shape index (κ3) is 4.16. The number of Topliss-reactive ketones (excluding diaryl/α,β-unsaturated/α-hetero) is 1. The van der Waals surface area contributed by atoms with Crippen LogP contribution in [-0.2, 0) is 11.2 Å². The molecule has 0 fully saturated rings. The van der Waals surface area contributed by atoms with Gasteiger partial charge in [0.15, 0.2) is 17.3 Å². The highest BCUT2D eigenvalue weighted by atomic mass is 16.6. The van der Waals surface area contributed by atoms with Gasteiger partial charge in [-0.3, -0.25) is 14.9 Å². The summed E-state index contributed by atoms with van der Waals surface area (Å²) in [5, 5.41) is 10.9. The predicted molar refractivity (Wildman–Crippen MR) is 124 cm³/mol. The number of hydrogen-bond donors (Lipinski definition) is 0. The molecular weight excluding hydrogens is 406 g/mol. The quantitative estimate of drug-likeness (QED) is 0.311. The minimum Gasteiger partial charge on any atom is -0.493 e. The van der Waals surface area contributed by atoms with Crippen LogP contribution in [0.25, 0.3) is 17.7 Å². The summed E-state index contributed by atoms with van der Waals surface area (Å²) in [5.41, 5.74) is 4.71. The molecule has 0 N–H and O–H groups in total. The lowest BCUT2D eigenvalue weighted by Crippen LogP contribution is -2.16. The van der Waals surface area contributed by atoms with Crippen molar-refractivity contribution in [2.24, 2.45) is 0 Å². The largest absolute Gasteiger partial charge is 0.493 e. The fraction of sp³-hybridized carbons (Fsp3) is 0.115. The average molecular weight is 427 g/mol. The highest BCUT2D eigenvalue weighted by molar-refractivity contribution is 6.35. The summed E-state index contributed by atoms with van der Waals surface area (Å²) in [6, 6.07) is 19.5. The van der Waals surface area contributed by atoms with E-state index in [9.17, 15) is 14.9 Å². The van der Waals surface area contributed by atoms with Gasteiger partial charge >= 0.3 is 0 Å². The van der Waals surface area contributed by atoms with Gasteiger partial charge in [0.05, 0.1) is 19.1 Å². The average Bonchev–Trinajstić information content (AvgIpc) is 2.82. The van der Waals surface area contributed by atoms with Gasteiger partial charge in [-0.25, -0.2) is 0 Å². The maximum absolute atomic E-state index is 13.4. The van der Waals surface area contributed by atoms with Crippen molar-refractivity contribution in [3.63, 3.8) is 0 Å². The Labute approximate surface area is 185 Å². The van der Waals surface area contributed by atoms with Crippen LogP contribution in [0.2, 0.25) is 0 Å². The van der Waals surface area contributed by atoms with Gasteiger partial charge in [-0.15, -0.1) is 0 Å². The Morgan fingerprint density at radius 3 is 2.25 bits per heavy atom. The van der Waals surface area contributed by atoms with E-state index in [2.05, 4.69) is 0 Å². The number of methoxy groups -OCH3 is 2. The fourth-order valence-electron chi connectivity index (χ4n) is 3.78. The van der Waals surface area contributed by atoms with Crippen LogP contribution in [0.4, 0.5) is 5.69 Å². The lowest BCUT2D eigenvalue weighted by atomic mass is 9.81. The first kappa shape index (κ1) is 21.1. The molecule has 0 aromatic heterocycles. The molecule has 1 aliphatic carbocycles. The topological polar surface area (TPSA) is 78.7 Å². The van der Waals surface area contributed by atoms with Crippen molar-refractivity contribution in [3.05, 3.63) is 105 Å². The Bertz CT molecular complexity index is 1260. The number of benzene rings is 3. The van der Waals surface area contributed by atoms with Crippen molar-refractivity contribution in [2.45, 2.75) is 6.42 Å². The zero-order chi connectivity index (χ0) is 22.7. The highest BCUT2D eigenvalue weighted by Crippen LogP contribution is 2.35. The number of ketones is 1. The van der Waals surface area contributed by atoms with E-state index in [1.54, 1.807) is 38.5 Å². The molecule has 0 saturated carbocycles. The molecule has 1 aliphatic rings. The van der Waals surface area contributed by atoms with Crippen molar-refractivity contribution in [3.8, 4) is 11.5 Å². The van der Waals surface area contributed by atoms with Crippen molar-refractivity contribution >= 4 is 29.2 Å². The number of ether oxygens (including phenoxy) is 2. The summed E-state index contributed by atoms with van der Waals surface area (Å²) >= 11 is 0. The molecule has 0 aliphatic heterocycles. The maximum Gasteiger partial charge on any atom is 0.269 e. The van der Waals surface area contributed by atoms with Crippen LogP contribution in [0.15, 0.2) is 72.3 Å². The molecule has 0 amide bonds. The van der Waals surface area contributed by atoms with Gasteiger partial charge in [-0.1, -0.05) is 30.3 Å². The summed E-state index contributed by atoms with van der Waals surface area (Å²) in [7, 11) is 3.15. The second kappa shape index (κ2) is 8.89. The number of allylic oxidation sites excluding steroid dienone is 2. The van der Waals surface area contributed by atoms with E-state index < -0.39 is 4.92 Å². The number of nitro groups is 1. The molecule has 0 atom stereocenters. The minimum absolute atomic E-state index is 0.0107. The fourth-order valence-corrected chi connectivity index (χ4v) is 3.78. The number of hydrogen-bond acceptors (Lipinski definition) is 5. The van der Waals surface area contributed by atoms with Crippen LogP contribution in [-0.4, -0.2) is 24.9 Å². The first-order chi connectivity index (χ1) is 15.5. The first-order valence-corrected chi connectivity index (χ1v) is 10.0. The molecule has 160 valence electrons. The SMILES string of the molecule is COc1ccc(/C=C2\Cc3ccccc3/C(=C\c3ccc([N+](=O)[O-])cc3)C2=O)cc1OC. The number of nitro benzene ring substituents is 1. The number of nitrogens with zero attached hydrogens (tertiary/aromatic N) is 1. The van der Waals surface area contributed by atoms with E-state index in [0.29, 0.717) is 29.1 Å². The van der Waals surface area contributed by atoms with E-state index >= 15 is 0 Å². The molecular formula is C26H21NO5. The van der Waals surface area contributed by atoms with Crippen LogP contribution in [0, 0.1) is 10.1 Å². The first-order valence-electron chi connectivity index (χ1n) is 10.0. The van der Waals surface area contributed by atoms with Crippen molar-refractivity contribution in [2.75, 3.05) is 14.2 Å². The summed E-state index contributed by atoms with van der Waals surface area (Å²) in [4.78, 5) is 23.9. The normalized spacial score (nSPS) is 15.5. The van der Waals surface area contributed by atoms with Crippen molar-refractivity contribution in [1.82, 2.24) is 0 Å². The lowest BCUT2D eigenvalue weighted by Gasteiger charge is -2.21. The maximum atomic E-state index is 13.4. The van der Waals surface area contributed by atoms with Crippen LogP contribution < -0.4 is 9.47 Å². The van der Waals surface area contributed by atoms with Gasteiger partial charge in [-0.05, 0) is 58.7 Å². The van der Waals surface area contributed by atoms with Crippen LogP contribution in [0.1, 0.15) is 22.3 Å². The van der Waals surface area contributed by atoms with Crippen LogP contribution >= 0.6 is 0 Å². The van der Waals surface area contributed by atoms with Gasteiger partial charge in [0.1, 0.15) is 0 Å². The Morgan fingerprint density at radius 2 is 1.56 bits per heavy atom.